The summed E-state index contributed by atoms with van der Waals surface area (Å²) in [6, 6.07) is 8.05. The predicted octanol–water partition coefficient (Wildman–Crippen LogP) is 3.48. The van der Waals surface area contributed by atoms with Gasteiger partial charge in [-0.3, -0.25) is 0 Å². The molecule has 1 amide bonds. The first kappa shape index (κ1) is 19.3. The highest BCUT2D eigenvalue weighted by atomic mass is 16.6. The third-order valence-electron chi connectivity index (χ3n) is 2.94. The third-order valence-corrected chi connectivity index (χ3v) is 2.94. The molecular weight excluding hydrogens is 292 g/mol. The Labute approximate surface area is 139 Å². The number of carbonyl (C=O) groups excluding carboxylic acids is 1. The Morgan fingerprint density at radius 1 is 1.22 bits per heavy atom. The van der Waals surface area contributed by atoms with Crippen molar-refractivity contribution in [1.29, 1.82) is 0 Å². The number of nitrogens with one attached hydrogen (secondary N) is 2. The highest BCUT2D eigenvalue weighted by Crippen LogP contribution is 2.12. The molecule has 0 fully saturated rings. The minimum atomic E-state index is -0.473. The zero-order valence-electron chi connectivity index (χ0n) is 14.9. The van der Waals surface area contributed by atoms with Gasteiger partial charge in [0, 0.05) is 19.1 Å². The first-order valence-corrected chi connectivity index (χ1v) is 8.22. The van der Waals surface area contributed by atoms with Gasteiger partial charge in [-0.05, 0) is 51.8 Å². The minimum absolute atomic E-state index is 0.00277. The summed E-state index contributed by atoms with van der Waals surface area (Å²) in [5.74, 6) is 0.899. The summed E-state index contributed by atoms with van der Waals surface area (Å²) >= 11 is 0. The fourth-order valence-electron chi connectivity index (χ4n) is 1.92. The zero-order chi connectivity index (χ0) is 17.3. The lowest BCUT2D eigenvalue weighted by molar-refractivity contribution is 0.0508. The average Bonchev–Trinajstić information content (AvgIpc) is 2.44. The highest BCUT2D eigenvalue weighted by molar-refractivity contribution is 5.68. The number of hydrogen-bond acceptors (Lipinski definition) is 4. The molecule has 5 heteroatoms. The summed E-state index contributed by atoms with van der Waals surface area (Å²) in [4.78, 5) is 11.7. The molecule has 0 aliphatic rings. The Balaban J connectivity index is 2.26. The molecule has 130 valence electrons. The molecule has 0 spiro atoms. The molecule has 0 aromatic heterocycles. The standard InChI is InChI=1S/C18H30N2O3/c1-6-11-22-16-9-7-15(8-10-16)13-19-12-14(2)20-17(21)23-18(3,4)5/h7-10,14,19H,6,11-13H2,1-5H3,(H,20,21). The largest absolute Gasteiger partial charge is 0.494 e. The molecule has 1 aromatic carbocycles. The fourth-order valence-corrected chi connectivity index (χ4v) is 1.92. The second kappa shape index (κ2) is 9.40. The van der Waals surface area contributed by atoms with Crippen LogP contribution in [0.2, 0.25) is 0 Å². The van der Waals surface area contributed by atoms with Gasteiger partial charge in [-0.15, -0.1) is 0 Å². The fraction of sp³-hybridized carbons (Fsp3) is 0.611. The number of ether oxygens (including phenoxy) is 2. The Hall–Kier alpha value is -1.75. The zero-order valence-corrected chi connectivity index (χ0v) is 14.9. The maximum Gasteiger partial charge on any atom is 0.407 e. The number of rotatable bonds is 8. The molecule has 0 saturated heterocycles. The maximum absolute atomic E-state index is 11.7. The van der Waals surface area contributed by atoms with E-state index in [-0.39, 0.29) is 12.1 Å². The molecule has 23 heavy (non-hydrogen) atoms. The van der Waals surface area contributed by atoms with Crippen molar-refractivity contribution >= 4 is 6.09 Å². The average molecular weight is 322 g/mol. The molecule has 0 saturated carbocycles. The number of carbonyl (C=O) groups is 1. The summed E-state index contributed by atoms with van der Waals surface area (Å²) in [7, 11) is 0. The van der Waals surface area contributed by atoms with Crippen LogP contribution < -0.4 is 15.4 Å². The van der Waals surface area contributed by atoms with Gasteiger partial charge in [-0.25, -0.2) is 4.79 Å². The molecule has 0 bridgehead atoms. The van der Waals surface area contributed by atoms with E-state index in [0.29, 0.717) is 6.54 Å². The van der Waals surface area contributed by atoms with E-state index in [2.05, 4.69) is 17.6 Å². The van der Waals surface area contributed by atoms with Crippen molar-refractivity contribution in [2.24, 2.45) is 0 Å². The normalized spacial score (nSPS) is 12.6. The lowest BCUT2D eigenvalue weighted by atomic mass is 10.2. The van der Waals surface area contributed by atoms with Gasteiger partial charge in [0.05, 0.1) is 6.61 Å². The van der Waals surface area contributed by atoms with Gasteiger partial charge >= 0.3 is 6.09 Å². The number of hydrogen-bond donors (Lipinski definition) is 2. The molecule has 2 N–H and O–H groups in total. The quantitative estimate of drug-likeness (QED) is 0.769. The molecule has 0 radical (unpaired) electrons. The van der Waals surface area contributed by atoms with Crippen LogP contribution in [-0.2, 0) is 11.3 Å². The lowest BCUT2D eigenvalue weighted by Crippen LogP contribution is -2.42. The van der Waals surface area contributed by atoms with Crippen molar-refractivity contribution in [3.8, 4) is 5.75 Å². The molecule has 0 heterocycles. The van der Waals surface area contributed by atoms with Gasteiger partial charge in [0.2, 0.25) is 0 Å². The van der Waals surface area contributed by atoms with Gasteiger partial charge in [0.25, 0.3) is 0 Å². The van der Waals surface area contributed by atoms with Crippen LogP contribution in [-0.4, -0.2) is 30.9 Å². The van der Waals surface area contributed by atoms with E-state index in [1.54, 1.807) is 0 Å². The Bertz CT molecular complexity index is 466. The van der Waals surface area contributed by atoms with Crippen LogP contribution in [0.3, 0.4) is 0 Å². The Kier molecular flexibility index (Phi) is 7.89. The molecule has 1 aromatic rings. The van der Waals surface area contributed by atoms with Crippen LogP contribution in [0.5, 0.6) is 5.75 Å². The second-order valence-electron chi connectivity index (χ2n) is 6.67. The van der Waals surface area contributed by atoms with Crippen LogP contribution >= 0.6 is 0 Å². The monoisotopic (exact) mass is 322 g/mol. The van der Waals surface area contributed by atoms with Crippen molar-refractivity contribution in [3.05, 3.63) is 29.8 Å². The van der Waals surface area contributed by atoms with Crippen molar-refractivity contribution in [1.82, 2.24) is 10.6 Å². The molecule has 1 rings (SSSR count). The van der Waals surface area contributed by atoms with Crippen LogP contribution in [0.25, 0.3) is 0 Å². The first-order chi connectivity index (χ1) is 10.8. The minimum Gasteiger partial charge on any atom is -0.494 e. The van der Waals surface area contributed by atoms with Crippen molar-refractivity contribution in [3.63, 3.8) is 0 Å². The summed E-state index contributed by atoms with van der Waals surface area (Å²) in [5.41, 5.74) is 0.706. The topological polar surface area (TPSA) is 59.6 Å². The summed E-state index contributed by atoms with van der Waals surface area (Å²) in [6.07, 6.45) is 0.621. The van der Waals surface area contributed by atoms with E-state index >= 15 is 0 Å². The van der Waals surface area contributed by atoms with Crippen molar-refractivity contribution in [2.75, 3.05) is 13.2 Å². The first-order valence-electron chi connectivity index (χ1n) is 8.22. The van der Waals surface area contributed by atoms with E-state index < -0.39 is 5.60 Å². The Morgan fingerprint density at radius 3 is 2.43 bits per heavy atom. The summed E-state index contributed by atoms with van der Waals surface area (Å²) in [5, 5.41) is 6.13. The van der Waals surface area contributed by atoms with Gasteiger partial charge in [-0.2, -0.15) is 0 Å². The van der Waals surface area contributed by atoms with Gasteiger partial charge < -0.3 is 20.1 Å². The SMILES string of the molecule is CCCOc1ccc(CNCC(C)NC(=O)OC(C)(C)C)cc1. The van der Waals surface area contributed by atoms with Crippen LogP contribution in [0.1, 0.15) is 46.6 Å². The molecule has 0 aliphatic heterocycles. The number of benzene rings is 1. The molecule has 0 aliphatic carbocycles. The van der Waals surface area contributed by atoms with E-state index in [1.807, 2.05) is 52.0 Å². The van der Waals surface area contributed by atoms with Gasteiger partial charge in [0.15, 0.2) is 0 Å². The third kappa shape index (κ3) is 9.08. The van der Waals surface area contributed by atoms with E-state index in [4.69, 9.17) is 9.47 Å². The lowest BCUT2D eigenvalue weighted by Gasteiger charge is -2.22. The summed E-state index contributed by atoms with van der Waals surface area (Å²) < 4.78 is 10.8. The second-order valence-corrected chi connectivity index (χ2v) is 6.67. The van der Waals surface area contributed by atoms with Crippen LogP contribution in [0.15, 0.2) is 24.3 Å². The number of alkyl carbamates (subject to hydrolysis) is 1. The Morgan fingerprint density at radius 2 is 1.87 bits per heavy atom. The highest BCUT2D eigenvalue weighted by Gasteiger charge is 2.17. The molecule has 1 atom stereocenters. The predicted molar refractivity (Wildman–Crippen MR) is 92.8 cm³/mol. The van der Waals surface area contributed by atoms with E-state index in [9.17, 15) is 4.79 Å². The van der Waals surface area contributed by atoms with Crippen LogP contribution in [0.4, 0.5) is 4.79 Å². The van der Waals surface area contributed by atoms with Gasteiger partial charge in [0.1, 0.15) is 11.4 Å². The summed E-state index contributed by atoms with van der Waals surface area (Å²) in [6.45, 7) is 11.7. The molecule has 5 nitrogen and oxygen atoms in total. The van der Waals surface area contributed by atoms with Gasteiger partial charge in [-0.1, -0.05) is 19.1 Å². The van der Waals surface area contributed by atoms with E-state index in [0.717, 1.165) is 25.3 Å². The van der Waals surface area contributed by atoms with Crippen molar-refractivity contribution in [2.45, 2.75) is 59.2 Å². The van der Waals surface area contributed by atoms with Crippen molar-refractivity contribution < 1.29 is 14.3 Å². The molecular formula is C18H30N2O3. The number of amides is 1. The van der Waals surface area contributed by atoms with Crippen LogP contribution in [0, 0.1) is 0 Å². The molecule has 1 unspecified atom stereocenters. The smallest absolute Gasteiger partial charge is 0.407 e. The maximum atomic E-state index is 11.7. The van der Waals surface area contributed by atoms with E-state index in [1.165, 1.54) is 5.56 Å².